The number of halogens is 2. The molecule has 0 atom stereocenters. The van der Waals surface area contributed by atoms with Crippen LogP contribution in [0.5, 0.6) is 5.75 Å². The fourth-order valence-electron chi connectivity index (χ4n) is 4.83. The minimum Gasteiger partial charge on any atom is -0.485 e. The lowest BCUT2D eigenvalue weighted by Crippen LogP contribution is -2.32. The van der Waals surface area contributed by atoms with Crippen molar-refractivity contribution in [2.45, 2.75) is 59.2 Å². The SMILES string of the molecule is CC=Cc1ccc(F)c(F)c1COc1cccn2c(-c3nc(NCC(C)(C)O)c4c(n3)NC(=O)C4(C)C)c(C)nc12. The molecule has 0 unspecified atom stereocenters. The zero-order valence-corrected chi connectivity index (χ0v) is 23.8. The van der Waals surface area contributed by atoms with Gasteiger partial charge < -0.3 is 20.5 Å². The summed E-state index contributed by atoms with van der Waals surface area (Å²) in [6.45, 7) is 10.5. The van der Waals surface area contributed by atoms with Gasteiger partial charge in [-0.15, -0.1) is 0 Å². The number of hydrogen-bond acceptors (Lipinski definition) is 7. The Kier molecular flexibility index (Phi) is 7.02. The number of benzene rings is 1. The maximum Gasteiger partial charge on any atom is 0.235 e. The molecule has 1 aliphatic heterocycles. The lowest BCUT2D eigenvalue weighted by atomic mass is 9.87. The van der Waals surface area contributed by atoms with Gasteiger partial charge in [-0.1, -0.05) is 18.2 Å². The molecule has 11 heteroatoms. The number of aromatic nitrogens is 4. The van der Waals surface area contributed by atoms with Crippen LogP contribution in [0, 0.1) is 18.6 Å². The third kappa shape index (κ3) is 5.13. The number of hydrogen-bond donors (Lipinski definition) is 3. The number of allylic oxidation sites excluding steroid dienone is 1. The third-order valence-electron chi connectivity index (χ3n) is 6.97. The molecule has 0 aliphatic carbocycles. The summed E-state index contributed by atoms with van der Waals surface area (Å²) in [4.78, 5) is 26.9. The highest BCUT2D eigenvalue weighted by Crippen LogP contribution is 2.42. The quantitative estimate of drug-likeness (QED) is 0.263. The highest BCUT2D eigenvalue weighted by atomic mass is 19.2. The van der Waals surface area contributed by atoms with Crippen molar-refractivity contribution in [1.29, 1.82) is 0 Å². The number of nitrogens with one attached hydrogen (secondary N) is 2. The lowest BCUT2D eigenvalue weighted by molar-refractivity contribution is -0.119. The van der Waals surface area contributed by atoms with Crippen LogP contribution < -0.4 is 15.4 Å². The summed E-state index contributed by atoms with van der Waals surface area (Å²) in [6, 6.07) is 6.03. The number of aryl methyl sites for hydroxylation is 1. The van der Waals surface area contributed by atoms with Crippen molar-refractivity contribution in [3.8, 4) is 17.3 Å². The van der Waals surface area contributed by atoms with Gasteiger partial charge in [-0.25, -0.2) is 23.7 Å². The molecule has 4 aromatic rings. The minimum atomic E-state index is -1.03. The van der Waals surface area contributed by atoms with Crippen molar-refractivity contribution < 1.29 is 23.4 Å². The van der Waals surface area contributed by atoms with E-state index in [1.807, 2.05) is 0 Å². The van der Waals surface area contributed by atoms with E-state index in [0.717, 1.165) is 6.07 Å². The normalized spacial score (nSPS) is 14.5. The highest BCUT2D eigenvalue weighted by molar-refractivity contribution is 6.06. The van der Waals surface area contributed by atoms with Gasteiger partial charge in [-0.3, -0.25) is 9.20 Å². The Morgan fingerprint density at radius 3 is 2.66 bits per heavy atom. The Labute approximate surface area is 236 Å². The number of anilines is 2. The molecule has 41 heavy (non-hydrogen) atoms. The molecule has 4 heterocycles. The van der Waals surface area contributed by atoms with Gasteiger partial charge in [-0.2, -0.15) is 0 Å². The predicted octanol–water partition coefficient (Wildman–Crippen LogP) is 5.40. The van der Waals surface area contributed by atoms with E-state index < -0.39 is 22.7 Å². The number of rotatable bonds is 8. The van der Waals surface area contributed by atoms with Crippen molar-refractivity contribution in [1.82, 2.24) is 19.4 Å². The molecule has 0 saturated carbocycles. The molecule has 3 N–H and O–H groups in total. The second-order valence-corrected chi connectivity index (χ2v) is 11.2. The number of fused-ring (bicyclic) bond motifs is 2. The fourth-order valence-corrected chi connectivity index (χ4v) is 4.83. The zero-order chi connectivity index (χ0) is 29.7. The van der Waals surface area contributed by atoms with Gasteiger partial charge in [0.1, 0.15) is 23.9 Å². The summed E-state index contributed by atoms with van der Waals surface area (Å²) in [5.74, 6) is -0.667. The van der Waals surface area contributed by atoms with Crippen LogP contribution in [0.3, 0.4) is 0 Å². The molecule has 0 saturated heterocycles. The van der Waals surface area contributed by atoms with Gasteiger partial charge in [0.25, 0.3) is 0 Å². The first-order valence-corrected chi connectivity index (χ1v) is 13.2. The first-order valence-electron chi connectivity index (χ1n) is 13.2. The predicted molar refractivity (Wildman–Crippen MR) is 153 cm³/mol. The lowest BCUT2D eigenvalue weighted by Gasteiger charge is -2.23. The average Bonchev–Trinajstić information content (AvgIpc) is 3.36. The van der Waals surface area contributed by atoms with E-state index in [-0.39, 0.29) is 24.6 Å². The molecule has 0 fully saturated rings. The standard InChI is InChI=1S/C30H32F2N6O3/c1-7-9-17-11-12-19(31)22(32)18(17)14-41-20-10-8-13-38-23(16(2)34-27(20)38)26-35-24(33-15-29(3,4)40)21-25(36-26)37-28(39)30(21,5)6/h7-13,40H,14-15H2,1-6H3,(H2,33,35,36,37,39). The van der Waals surface area contributed by atoms with Crippen molar-refractivity contribution in [3.05, 3.63) is 70.6 Å². The number of carbonyl (C=O) groups excluding carboxylic acids is 1. The molecule has 3 aromatic heterocycles. The van der Waals surface area contributed by atoms with E-state index in [1.54, 1.807) is 76.4 Å². The average molecular weight is 563 g/mol. The molecule has 0 bridgehead atoms. The molecule has 1 aliphatic rings. The molecular formula is C30H32F2N6O3. The maximum absolute atomic E-state index is 14.7. The first kappa shape index (κ1) is 28.2. The van der Waals surface area contributed by atoms with Crippen molar-refractivity contribution in [2.75, 3.05) is 17.2 Å². The number of aliphatic hydroxyl groups is 1. The molecule has 5 rings (SSSR count). The van der Waals surface area contributed by atoms with Crippen LogP contribution in [-0.2, 0) is 16.8 Å². The van der Waals surface area contributed by atoms with Crippen LogP contribution in [0.2, 0.25) is 0 Å². The van der Waals surface area contributed by atoms with Crippen molar-refractivity contribution in [3.63, 3.8) is 0 Å². The van der Waals surface area contributed by atoms with Crippen LogP contribution in [0.15, 0.2) is 36.5 Å². The highest BCUT2D eigenvalue weighted by Gasteiger charge is 2.43. The summed E-state index contributed by atoms with van der Waals surface area (Å²) in [5, 5.41) is 16.4. The number of ether oxygens (including phenoxy) is 1. The monoisotopic (exact) mass is 562 g/mol. The van der Waals surface area contributed by atoms with E-state index in [2.05, 4.69) is 20.6 Å². The summed E-state index contributed by atoms with van der Waals surface area (Å²) < 4.78 is 36.4. The number of pyridine rings is 1. The van der Waals surface area contributed by atoms with E-state index in [1.165, 1.54) is 6.07 Å². The minimum absolute atomic E-state index is 0.0939. The van der Waals surface area contributed by atoms with E-state index >= 15 is 0 Å². The number of nitrogens with zero attached hydrogens (tertiary/aromatic N) is 4. The Morgan fingerprint density at radius 1 is 1.20 bits per heavy atom. The van der Waals surface area contributed by atoms with Gasteiger partial charge in [0.2, 0.25) is 5.91 Å². The molecule has 0 spiro atoms. The Morgan fingerprint density at radius 2 is 1.95 bits per heavy atom. The summed E-state index contributed by atoms with van der Waals surface area (Å²) in [6.07, 6.45) is 5.20. The summed E-state index contributed by atoms with van der Waals surface area (Å²) >= 11 is 0. The molecule has 1 aromatic carbocycles. The Balaban J connectivity index is 1.58. The van der Waals surface area contributed by atoms with Gasteiger partial charge in [0.15, 0.2) is 28.9 Å². The van der Waals surface area contributed by atoms with Gasteiger partial charge >= 0.3 is 0 Å². The van der Waals surface area contributed by atoms with Crippen LogP contribution in [0.25, 0.3) is 23.2 Å². The number of carbonyl (C=O) groups is 1. The smallest absolute Gasteiger partial charge is 0.235 e. The zero-order valence-electron chi connectivity index (χ0n) is 23.8. The van der Waals surface area contributed by atoms with Gasteiger partial charge in [-0.05, 0) is 65.3 Å². The number of imidazole rings is 1. The fraction of sp³-hybridized carbons (Fsp3) is 0.333. The molecule has 9 nitrogen and oxygen atoms in total. The molecule has 1 amide bonds. The summed E-state index contributed by atoms with van der Waals surface area (Å²) in [7, 11) is 0. The second kappa shape index (κ2) is 10.2. The van der Waals surface area contributed by atoms with Crippen LogP contribution in [-0.4, -0.2) is 42.5 Å². The van der Waals surface area contributed by atoms with Crippen LogP contribution in [0.1, 0.15) is 57.0 Å². The molecular weight excluding hydrogens is 530 g/mol. The Hall–Kier alpha value is -4.38. The second-order valence-electron chi connectivity index (χ2n) is 11.2. The summed E-state index contributed by atoms with van der Waals surface area (Å²) in [5.41, 5.74) is 0.886. The van der Waals surface area contributed by atoms with Crippen LogP contribution in [0.4, 0.5) is 20.4 Å². The molecule has 214 valence electrons. The van der Waals surface area contributed by atoms with Crippen molar-refractivity contribution in [2.24, 2.45) is 0 Å². The van der Waals surface area contributed by atoms with Gasteiger partial charge in [0, 0.05) is 18.3 Å². The van der Waals surface area contributed by atoms with E-state index in [0.29, 0.717) is 51.4 Å². The van der Waals surface area contributed by atoms with Crippen LogP contribution >= 0.6 is 0 Å². The number of amides is 1. The topological polar surface area (TPSA) is 114 Å². The maximum atomic E-state index is 14.7. The van der Waals surface area contributed by atoms with E-state index in [9.17, 15) is 18.7 Å². The Bertz CT molecular complexity index is 1710. The largest absolute Gasteiger partial charge is 0.485 e. The van der Waals surface area contributed by atoms with Crippen molar-refractivity contribution >= 4 is 29.3 Å². The third-order valence-corrected chi connectivity index (χ3v) is 6.97. The first-order chi connectivity index (χ1) is 19.3. The van der Waals surface area contributed by atoms with Gasteiger partial charge in [0.05, 0.1) is 22.3 Å². The van der Waals surface area contributed by atoms with E-state index in [4.69, 9.17) is 9.72 Å². The molecule has 0 radical (unpaired) electrons.